The summed E-state index contributed by atoms with van der Waals surface area (Å²) < 4.78 is 5.32. The maximum atomic E-state index is 13.0. The fourth-order valence-electron chi connectivity index (χ4n) is 4.27. The molecule has 0 spiro atoms. The minimum Gasteiger partial charge on any atom is -0.478 e. The molecule has 6 nitrogen and oxygen atoms in total. The molecule has 1 N–H and O–H groups in total. The first-order chi connectivity index (χ1) is 14.3. The fourth-order valence-corrected chi connectivity index (χ4v) is 4.27. The van der Waals surface area contributed by atoms with Crippen LogP contribution in [0.2, 0.25) is 0 Å². The zero-order valence-electron chi connectivity index (χ0n) is 18.0. The number of carbonyl (C=O) groups excluding carboxylic acids is 3. The summed E-state index contributed by atoms with van der Waals surface area (Å²) in [6, 6.07) is 9.04. The number of aryl methyl sites for hydroxylation is 3. The summed E-state index contributed by atoms with van der Waals surface area (Å²) >= 11 is 0. The van der Waals surface area contributed by atoms with E-state index in [2.05, 4.69) is 10.3 Å². The third-order valence-corrected chi connectivity index (χ3v) is 5.51. The van der Waals surface area contributed by atoms with Crippen LogP contribution in [0.15, 0.2) is 30.3 Å². The Balaban J connectivity index is 1.62. The Hall–Kier alpha value is -3.02. The number of hydrogen-bond acceptors (Lipinski definition) is 5. The minimum absolute atomic E-state index is 0.0301. The predicted octanol–water partition coefficient (Wildman–Crippen LogP) is 3.47. The highest BCUT2D eigenvalue weighted by atomic mass is 16.5. The maximum Gasteiger partial charge on any atom is 0.270 e. The van der Waals surface area contributed by atoms with Crippen LogP contribution in [0.5, 0.6) is 5.88 Å². The summed E-state index contributed by atoms with van der Waals surface area (Å²) in [7, 11) is 0. The molecule has 2 aromatic rings. The summed E-state index contributed by atoms with van der Waals surface area (Å²) in [5, 5.41) is 2.79. The number of nitrogens with one attached hydrogen (secondary N) is 1. The van der Waals surface area contributed by atoms with E-state index in [1.165, 1.54) is 0 Å². The Morgan fingerprint density at radius 2 is 1.87 bits per heavy atom. The molecule has 1 aromatic heterocycles. The molecule has 6 heteroatoms. The highest BCUT2D eigenvalue weighted by molar-refractivity contribution is 6.15. The fraction of sp³-hybridized carbons (Fsp3) is 0.417. The normalized spacial score (nSPS) is 18.5. The van der Waals surface area contributed by atoms with E-state index in [-0.39, 0.29) is 35.5 Å². The van der Waals surface area contributed by atoms with E-state index >= 15 is 0 Å². The van der Waals surface area contributed by atoms with E-state index in [1.54, 1.807) is 18.2 Å². The van der Waals surface area contributed by atoms with E-state index in [0.717, 1.165) is 22.3 Å². The van der Waals surface area contributed by atoms with Gasteiger partial charge in [-0.2, -0.15) is 0 Å². The van der Waals surface area contributed by atoms with Crippen molar-refractivity contribution in [2.24, 2.45) is 5.92 Å². The van der Waals surface area contributed by atoms with Gasteiger partial charge < -0.3 is 10.1 Å². The molecule has 0 bridgehead atoms. The lowest BCUT2D eigenvalue weighted by Gasteiger charge is -2.16. The molecule has 2 unspecified atom stereocenters. The largest absolute Gasteiger partial charge is 0.478 e. The van der Waals surface area contributed by atoms with Gasteiger partial charge in [-0.05, 0) is 56.9 Å². The van der Waals surface area contributed by atoms with Crippen LogP contribution < -0.4 is 10.1 Å². The Morgan fingerprint density at radius 3 is 2.53 bits per heavy atom. The number of ketones is 2. The first-order valence-corrected chi connectivity index (χ1v) is 10.3. The molecule has 3 rings (SSSR count). The Labute approximate surface area is 177 Å². The second-order valence-electron chi connectivity index (χ2n) is 7.85. The second kappa shape index (κ2) is 9.20. The van der Waals surface area contributed by atoms with Gasteiger partial charge in [0.2, 0.25) is 5.88 Å². The first-order valence-electron chi connectivity index (χ1n) is 10.3. The number of hydrogen-bond donors (Lipinski definition) is 1. The van der Waals surface area contributed by atoms with Crippen molar-refractivity contribution in [1.82, 2.24) is 10.3 Å². The van der Waals surface area contributed by atoms with E-state index in [4.69, 9.17) is 4.74 Å². The number of carbonyl (C=O) groups is 3. The molecular formula is C24H28N2O4. The third-order valence-electron chi connectivity index (χ3n) is 5.51. The van der Waals surface area contributed by atoms with Crippen molar-refractivity contribution in [1.29, 1.82) is 0 Å². The molecule has 1 aliphatic rings. The van der Waals surface area contributed by atoms with Gasteiger partial charge in [-0.3, -0.25) is 14.4 Å². The van der Waals surface area contributed by atoms with Gasteiger partial charge in [-0.1, -0.05) is 23.8 Å². The molecule has 1 aliphatic carbocycles. The van der Waals surface area contributed by atoms with Crippen LogP contribution in [0.25, 0.3) is 0 Å². The minimum atomic E-state index is -0.684. The average Bonchev–Trinajstić information content (AvgIpc) is 2.96. The summed E-state index contributed by atoms with van der Waals surface area (Å²) in [5.41, 5.74) is 4.19. The number of pyridine rings is 1. The van der Waals surface area contributed by atoms with Gasteiger partial charge in [0, 0.05) is 24.9 Å². The van der Waals surface area contributed by atoms with E-state index in [9.17, 15) is 14.4 Å². The van der Waals surface area contributed by atoms with Crippen molar-refractivity contribution >= 4 is 17.5 Å². The zero-order chi connectivity index (χ0) is 21.8. The van der Waals surface area contributed by atoms with Crippen molar-refractivity contribution in [3.05, 3.63) is 58.3 Å². The highest BCUT2D eigenvalue weighted by Gasteiger charge is 2.42. The number of nitrogens with zero attached hydrogens (tertiary/aromatic N) is 1. The number of benzene rings is 1. The molecule has 0 aliphatic heterocycles. The molecule has 1 amide bonds. The van der Waals surface area contributed by atoms with Crippen molar-refractivity contribution in [3.8, 4) is 5.88 Å². The summed E-state index contributed by atoms with van der Waals surface area (Å²) in [5.74, 6) is -1.05. The zero-order valence-corrected chi connectivity index (χ0v) is 18.0. The molecule has 0 radical (unpaired) electrons. The van der Waals surface area contributed by atoms with Gasteiger partial charge in [0.05, 0.1) is 6.61 Å². The van der Waals surface area contributed by atoms with Crippen LogP contribution in [0, 0.1) is 26.7 Å². The van der Waals surface area contributed by atoms with Crippen LogP contribution >= 0.6 is 0 Å². The van der Waals surface area contributed by atoms with Crippen molar-refractivity contribution in [2.45, 2.75) is 46.5 Å². The lowest BCUT2D eigenvalue weighted by Crippen LogP contribution is -2.28. The monoisotopic (exact) mass is 408 g/mol. The van der Waals surface area contributed by atoms with Gasteiger partial charge in [0.1, 0.15) is 17.4 Å². The molecular weight excluding hydrogens is 380 g/mol. The quantitative estimate of drug-likeness (QED) is 0.709. The number of aromatic nitrogens is 1. The molecule has 30 heavy (non-hydrogen) atoms. The molecule has 1 fully saturated rings. The molecule has 158 valence electrons. The topological polar surface area (TPSA) is 85.4 Å². The molecule has 1 aromatic carbocycles. The summed E-state index contributed by atoms with van der Waals surface area (Å²) in [6.07, 6.45) is 0.659. The van der Waals surface area contributed by atoms with Crippen LogP contribution in [0.4, 0.5) is 0 Å². The van der Waals surface area contributed by atoms with Crippen LogP contribution in [0.3, 0.4) is 0 Å². The average molecular weight is 408 g/mol. The van der Waals surface area contributed by atoms with Crippen molar-refractivity contribution in [3.63, 3.8) is 0 Å². The first kappa shape index (κ1) is 21.7. The second-order valence-corrected chi connectivity index (χ2v) is 7.85. The van der Waals surface area contributed by atoms with Crippen molar-refractivity contribution < 1.29 is 19.1 Å². The number of rotatable bonds is 7. The van der Waals surface area contributed by atoms with Gasteiger partial charge in [0.15, 0.2) is 5.78 Å². The van der Waals surface area contributed by atoms with E-state index in [1.807, 2.05) is 39.8 Å². The maximum absolute atomic E-state index is 13.0. The smallest absolute Gasteiger partial charge is 0.270 e. The number of ether oxygens (including phenoxy) is 1. The standard InChI is InChI=1S/C24H28N2O4/c1-5-30-20-8-6-7-18(26-20)24(29)25-10-9-17-13-19(27)22(23(17)28)21-15(3)11-14(2)12-16(21)4/h6-8,11-12,17,22H,5,9-10,13H2,1-4H3,(H,25,29). The van der Waals surface area contributed by atoms with E-state index < -0.39 is 5.92 Å². The third kappa shape index (κ3) is 4.58. The Morgan fingerprint density at radius 1 is 1.17 bits per heavy atom. The lowest BCUT2D eigenvalue weighted by molar-refractivity contribution is -0.124. The van der Waals surface area contributed by atoms with Crippen LogP contribution in [-0.2, 0) is 9.59 Å². The molecule has 0 saturated heterocycles. The van der Waals surface area contributed by atoms with E-state index in [0.29, 0.717) is 25.5 Å². The molecule has 1 saturated carbocycles. The Bertz CT molecular complexity index is 960. The number of amides is 1. The highest BCUT2D eigenvalue weighted by Crippen LogP contribution is 2.37. The SMILES string of the molecule is CCOc1cccc(C(=O)NCCC2CC(=O)C(c3c(C)cc(C)cc3C)C2=O)n1. The summed E-state index contributed by atoms with van der Waals surface area (Å²) in [6.45, 7) is 8.53. The van der Waals surface area contributed by atoms with Crippen LogP contribution in [-0.4, -0.2) is 35.6 Å². The van der Waals surface area contributed by atoms with Gasteiger partial charge >= 0.3 is 0 Å². The molecule has 1 heterocycles. The summed E-state index contributed by atoms with van der Waals surface area (Å²) in [4.78, 5) is 42.2. The van der Waals surface area contributed by atoms with Gasteiger partial charge in [-0.15, -0.1) is 0 Å². The van der Waals surface area contributed by atoms with Gasteiger partial charge in [0.25, 0.3) is 5.91 Å². The Kier molecular flexibility index (Phi) is 6.65. The van der Waals surface area contributed by atoms with Gasteiger partial charge in [-0.25, -0.2) is 4.98 Å². The predicted molar refractivity (Wildman–Crippen MR) is 114 cm³/mol. The number of Topliss-reactive ketones (excluding diaryl/α,β-unsaturated/α-hetero) is 2. The lowest BCUT2D eigenvalue weighted by atomic mass is 9.86. The molecule has 2 atom stereocenters. The van der Waals surface area contributed by atoms with Crippen molar-refractivity contribution in [2.75, 3.05) is 13.2 Å². The van der Waals surface area contributed by atoms with Crippen LogP contribution in [0.1, 0.15) is 58.4 Å².